The van der Waals surface area contributed by atoms with Gasteiger partial charge in [0.2, 0.25) is 0 Å². The van der Waals surface area contributed by atoms with Gasteiger partial charge in [-0.3, -0.25) is 0 Å². The van der Waals surface area contributed by atoms with Crippen LogP contribution in [0.5, 0.6) is 0 Å². The van der Waals surface area contributed by atoms with Crippen molar-refractivity contribution < 1.29 is 18.3 Å². The molecule has 0 aliphatic carbocycles. The Balaban J connectivity index is 1.86. The minimum atomic E-state index is -1.83. The Morgan fingerprint density at radius 3 is 2.29 bits per heavy atom. The summed E-state index contributed by atoms with van der Waals surface area (Å²) in [6.45, 7) is 3.81. The molecule has 0 bridgehead atoms. The largest absolute Gasteiger partial charge is 0.398 e. The van der Waals surface area contributed by atoms with Crippen LogP contribution in [0, 0.1) is 0 Å². The molecule has 0 spiro atoms. The predicted octanol–water partition coefficient (Wildman–Crippen LogP) is 2.67. The van der Waals surface area contributed by atoms with Crippen molar-refractivity contribution in [2.45, 2.75) is 51.0 Å². The molecule has 1 saturated heterocycles. The van der Waals surface area contributed by atoms with Gasteiger partial charge in [0.05, 0.1) is 6.61 Å². The van der Waals surface area contributed by atoms with Gasteiger partial charge in [-0.2, -0.15) is 0 Å². The second-order valence-electron chi connectivity index (χ2n) is 4.67. The van der Waals surface area contributed by atoms with E-state index in [4.69, 9.17) is 18.3 Å². The summed E-state index contributed by atoms with van der Waals surface area (Å²) in [6, 6.07) is 1.08. The topological polar surface area (TPSA) is 36.9 Å². The zero-order chi connectivity index (χ0) is 12.6. The van der Waals surface area contributed by atoms with Gasteiger partial charge in [0.25, 0.3) is 0 Å². The van der Waals surface area contributed by atoms with Crippen LogP contribution >= 0.6 is 0 Å². The second-order valence-corrected chi connectivity index (χ2v) is 8.25. The number of rotatable bonds is 10. The van der Waals surface area contributed by atoms with Crippen molar-refractivity contribution in [3.05, 3.63) is 0 Å². The minimum absolute atomic E-state index is 0.0904. The highest BCUT2D eigenvalue weighted by Gasteiger charge is 2.27. The third-order valence-electron chi connectivity index (χ3n) is 3.35. The highest BCUT2D eigenvalue weighted by atomic mass is 28.4. The van der Waals surface area contributed by atoms with Gasteiger partial charge in [0.15, 0.2) is 6.29 Å². The van der Waals surface area contributed by atoms with Gasteiger partial charge in [0.1, 0.15) is 0 Å². The maximum absolute atomic E-state index is 5.50. The summed E-state index contributed by atoms with van der Waals surface area (Å²) < 4.78 is 21.6. The second kappa shape index (κ2) is 8.21. The molecule has 0 aromatic carbocycles. The first-order chi connectivity index (χ1) is 8.20. The van der Waals surface area contributed by atoms with Gasteiger partial charge in [-0.15, -0.1) is 0 Å². The van der Waals surface area contributed by atoms with Crippen LogP contribution in [0.2, 0.25) is 12.6 Å². The molecule has 0 amide bonds. The average Bonchev–Trinajstić information content (AvgIpc) is 2.30. The van der Waals surface area contributed by atoms with Gasteiger partial charge in [-0.05, 0) is 19.0 Å². The minimum Gasteiger partial charge on any atom is -0.398 e. The van der Waals surface area contributed by atoms with E-state index in [2.05, 4.69) is 6.55 Å². The van der Waals surface area contributed by atoms with Crippen molar-refractivity contribution in [2.75, 3.05) is 27.4 Å². The molecule has 1 heterocycles. The summed E-state index contributed by atoms with van der Waals surface area (Å²) in [6.07, 6.45) is 5.90. The standard InChI is InChI=1S/C12H26O4Si/c1-13-17(3,14-2)11-7-5-4-6-9-15-12-8-10-16-12/h12H,4-11H2,1-3H3. The van der Waals surface area contributed by atoms with Gasteiger partial charge < -0.3 is 18.3 Å². The maximum Gasteiger partial charge on any atom is 0.334 e. The van der Waals surface area contributed by atoms with E-state index < -0.39 is 8.56 Å². The van der Waals surface area contributed by atoms with E-state index in [-0.39, 0.29) is 6.29 Å². The molecule has 1 unspecified atom stereocenters. The molecule has 1 rings (SSSR count). The monoisotopic (exact) mass is 262 g/mol. The van der Waals surface area contributed by atoms with Gasteiger partial charge >= 0.3 is 8.56 Å². The van der Waals surface area contributed by atoms with Crippen molar-refractivity contribution in [1.82, 2.24) is 0 Å². The lowest BCUT2D eigenvalue weighted by atomic mass is 10.2. The summed E-state index contributed by atoms with van der Waals surface area (Å²) in [5.74, 6) is 0. The van der Waals surface area contributed by atoms with Crippen LogP contribution in [-0.2, 0) is 18.3 Å². The number of unbranched alkanes of at least 4 members (excludes halogenated alkanes) is 3. The Morgan fingerprint density at radius 2 is 1.76 bits per heavy atom. The van der Waals surface area contributed by atoms with E-state index in [9.17, 15) is 0 Å². The van der Waals surface area contributed by atoms with Crippen LogP contribution in [0.3, 0.4) is 0 Å². The fourth-order valence-corrected chi connectivity index (χ4v) is 3.22. The molecule has 0 saturated carbocycles. The first-order valence-corrected chi connectivity index (χ1v) is 9.06. The summed E-state index contributed by atoms with van der Waals surface area (Å²) in [4.78, 5) is 0. The van der Waals surface area contributed by atoms with Crippen LogP contribution in [0.25, 0.3) is 0 Å². The van der Waals surface area contributed by atoms with E-state index in [1.54, 1.807) is 14.2 Å². The number of hydrogen-bond acceptors (Lipinski definition) is 4. The molecule has 0 aromatic rings. The van der Waals surface area contributed by atoms with Crippen molar-refractivity contribution in [3.63, 3.8) is 0 Å². The van der Waals surface area contributed by atoms with Crippen LogP contribution < -0.4 is 0 Å². The quantitative estimate of drug-likeness (QED) is 0.448. The predicted molar refractivity (Wildman–Crippen MR) is 69.2 cm³/mol. The van der Waals surface area contributed by atoms with E-state index in [1.165, 1.54) is 19.3 Å². The van der Waals surface area contributed by atoms with Crippen molar-refractivity contribution in [1.29, 1.82) is 0 Å². The summed E-state index contributed by atoms with van der Waals surface area (Å²) in [5, 5.41) is 0. The Hall–Kier alpha value is 0.0569. The van der Waals surface area contributed by atoms with Crippen molar-refractivity contribution in [2.24, 2.45) is 0 Å². The molecular formula is C12H26O4Si. The lowest BCUT2D eigenvalue weighted by molar-refractivity contribution is -0.214. The molecular weight excluding hydrogens is 236 g/mol. The fourth-order valence-electron chi connectivity index (χ4n) is 1.75. The van der Waals surface area contributed by atoms with E-state index in [1.807, 2.05) is 0 Å². The number of ether oxygens (including phenoxy) is 2. The Morgan fingerprint density at radius 1 is 1.12 bits per heavy atom. The molecule has 102 valence electrons. The molecule has 4 nitrogen and oxygen atoms in total. The zero-order valence-electron chi connectivity index (χ0n) is 11.4. The van der Waals surface area contributed by atoms with Crippen LogP contribution in [-0.4, -0.2) is 42.3 Å². The van der Waals surface area contributed by atoms with Gasteiger partial charge in [0, 0.05) is 27.2 Å². The van der Waals surface area contributed by atoms with E-state index in [0.717, 1.165) is 32.1 Å². The lowest BCUT2D eigenvalue weighted by Gasteiger charge is -2.26. The molecule has 1 aliphatic rings. The third-order valence-corrected chi connectivity index (χ3v) is 6.34. The molecule has 0 aromatic heterocycles. The maximum atomic E-state index is 5.50. The van der Waals surface area contributed by atoms with Crippen molar-refractivity contribution >= 4 is 8.56 Å². The van der Waals surface area contributed by atoms with Gasteiger partial charge in [-0.1, -0.05) is 19.3 Å². The fraction of sp³-hybridized carbons (Fsp3) is 1.00. The summed E-state index contributed by atoms with van der Waals surface area (Å²) in [7, 11) is 1.67. The SMILES string of the molecule is CO[Si](C)(CCCCCCOC1CCO1)OC. The third kappa shape index (κ3) is 5.97. The molecule has 5 heteroatoms. The Bertz CT molecular complexity index is 193. The zero-order valence-corrected chi connectivity index (χ0v) is 12.4. The van der Waals surface area contributed by atoms with Crippen molar-refractivity contribution in [3.8, 4) is 0 Å². The normalized spacial score (nSPS) is 20.3. The van der Waals surface area contributed by atoms with Crippen LogP contribution in [0.15, 0.2) is 0 Å². The molecule has 0 radical (unpaired) electrons. The molecule has 1 fully saturated rings. The smallest absolute Gasteiger partial charge is 0.334 e. The molecule has 1 aliphatic heterocycles. The molecule has 17 heavy (non-hydrogen) atoms. The Labute approximate surface area is 106 Å². The van der Waals surface area contributed by atoms with Crippen LogP contribution in [0.4, 0.5) is 0 Å². The average molecular weight is 262 g/mol. The summed E-state index contributed by atoms with van der Waals surface area (Å²) >= 11 is 0. The highest BCUT2D eigenvalue weighted by molar-refractivity contribution is 6.65. The number of hydrogen-bond donors (Lipinski definition) is 0. The Kier molecular flexibility index (Phi) is 7.30. The highest BCUT2D eigenvalue weighted by Crippen LogP contribution is 2.17. The van der Waals surface area contributed by atoms with E-state index >= 15 is 0 Å². The molecule has 0 N–H and O–H groups in total. The molecule has 1 atom stereocenters. The van der Waals surface area contributed by atoms with E-state index in [0.29, 0.717) is 0 Å². The lowest BCUT2D eigenvalue weighted by Crippen LogP contribution is -2.35. The van der Waals surface area contributed by atoms with Gasteiger partial charge in [-0.25, -0.2) is 0 Å². The van der Waals surface area contributed by atoms with Crippen LogP contribution in [0.1, 0.15) is 32.1 Å². The first-order valence-electron chi connectivity index (χ1n) is 6.54. The first kappa shape index (κ1) is 15.1. The summed E-state index contributed by atoms with van der Waals surface area (Å²) in [5.41, 5.74) is 0.